The van der Waals surface area contributed by atoms with Gasteiger partial charge in [-0.15, -0.1) is 0 Å². The van der Waals surface area contributed by atoms with E-state index in [1.807, 2.05) is 6.92 Å². The van der Waals surface area contributed by atoms with E-state index in [0.29, 0.717) is 18.8 Å². The second-order valence-electron chi connectivity index (χ2n) is 9.37. The molecule has 0 spiro atoms. The zero-order chi connectivity index (χ0) is 23.6. The minimum Gasteiger partial charge on any atom is -0.428 e. The topological polar surface area (TPSA) is 91.3 Å². The number of likely N-dealkylation sites (tertiary alicyclic amines) is 1. The number of nitrogens with one attached hydrogen (secondary N) is 1. The largest absolute Gasteiger partial charge is 0.428 e. The molecule has 2 unspecified atom stereocenters. The molecule has 0 saturated carbocycles. The monoisotopic (exact) mass is 483 g/mol. The van der Waals surface area contributed by atoms with Gasteiger partial charge in [0, 0.05) is 25.6 Å². The Bertz CT molecular complexity index is 745. The van der Waals surface area contributed by atoms with Gasteiger partial charge in [0.1, 0.15) is 14.7 Å². The molecule has 0 aromatic rings. The Labute approximate surface area is 195 Å². The van der Waals surface area contributed by atoms with Gasteiger partial charge in [-0.1, -0.05) is 27.7 Å². The maximum Gasteiger partial charge on any atom is 0.358 e. The first kappa shape index (κ1) is 25.8. The quantitative estimate of drug-likeness (QED) is 0.261. The second-order valence-corrected chi connectivity index (χ2v) is 15.0. The fourth-order valence-corrected chi connectivity index (χ4v) is 8.87. The van der Waals surface area contributed by atoms with E-state index in [1.54, 1.807) is 12.9 Å². The summed E-state index contributed by atoms with van der Waals surface area (Å²) in [7, 11) is -0.283. The number of carbonyl (C=O) groups is 2. The van der Waals surface area contributed by atoms with Crippen LogP contribution in [0.4, 0.5) is 0 Å². The fraction of sp³-hybridized carbons (Fsp3) is 0.810. The molecular weight excluding hydrogens is 444 g/mol. The van der Waals surface area contributed by atoms with Crippen LogP contribution in [-0.4, -0.2) is 81.0 Å². The van der Waals surface area contributed by atoms with Gasteiger partial charge in [-0.3, -0.25) is 9.69 Å². The molecule has 0 radical (unpaired) electrons. The first-order valence-electron chi connectivity index (χ1n) is 12.0. The molecule has 2 fully saturated rings. The molecule has 3 aliphatic rings. The lowest BCUT2D eigenvalue weighted by Gasteiger charge is -2.49. The summed E-state index contributed by atoms with van der Waals surface area (Å²) in [5.74, 6) is -0.668. The van der Waals surface area contributed by atoms with E-state index in [-0.39, 0.29) is 45.0 Å². The maximum absolute atomic E-state index is 13.4. The van der Waals surface area contributed by atoms with E-state index in [1.165, 1.54) is 0 Å². The summed E-state index contributed by atoms with van der Waals surface area (Å²) in [6.45, 7) is 12.7. The molecule has 11 heteroatoms. The van der Waals surface area contributed by atoms with E-state index in [9.17, 15) is 14.7 Å². The first-order chi connectivity index (χ1) is 15.2. The van der Waals surface area contributed by atoms with Crippen molar-refractivity contribution in [2.45, 2.75) is 77.4 Å². The molecular formula is C21H39BN3O5PSi. The van der Waals surface area contributed by atoms with Crippen LogP contribution in [0.1, 0.15) is 41.0 Å². The highest BCUT2D eigenvalue weighted by Gasteiger charge is 2.61. The lowest BCUT2D eigenvalue weighted by Crippen LogP contribution is -2.65. The summed E-state index contributed by atoms with van der Waals surface area (Å²) in [4.78, 5) is 33.0. The van der Waals surface area contributed by atoms with Crippen molar-refractivity contribution < 1.29 is 23.6 Å². The molecule has 0 aliphatic carbocycles. The average molecular weight is 483 g/mol. The lowest BCUT2D eigenvalue weighted by molar-refractivity contribution is -0.161. The number of aliphatic hydroxyl groups is 1. The number of amides is 1. The number of aliphatic hydroxyl groups excluding tert-OH is 1. The highest BCUT2D eigenvalue weighted by molar-refractivity contribution is 7.32. The number of fused-ring (bicyclic) bond motifs is 1. The molecule has 2 saturated heterocycles. The van der Waals surface area contributed by atoms with Crippen LogP contribution in [0.25, 0.3) is 0 Å². The molecule has 2 N–H and O–H groups in total. The third-order valence-corrected chi connectivity index (χ3v) is 13.0. The number of hydrogen-bond donors (Lipinski definition) is 2. The van der Waals surface area contributed by atoms with Crippen molar-refractivity contribution in [1.29, 1.82) is 0 Å². The molecule has 1 amide bonds. The summed E-state index contributed by atoms with van der Waals surface area (Å²) < 4.78 is 12.1. The third-order valence-electron chi connectivity index (χ3n) is 7.75. The lowest BCUT2D eigenvalue weighted by atomic mass is 9.77. The van der Waals surface area contributed by atoms with Crippen molar-refractivity contribution in [3.63, 3.8) is 0 Å². The predicted molar refractivity (Wildman–Crippen MR) is 131 cm³/mol. The Kier molecular flexibility index (Phi) is 8.61. The Morgan fingerprint density at radius 3 is 2.53 bits per heavy atom. The van der Waals surface area contributed by atoms with E-state index in [4.69, 9.17) is 8.95 Å². The smallest absolute Gasteiger partial charge is 0.358 e. The molecule has 3 heterocycles. The van der Waals surface area contributed by atoms with Gasteiger partial charge in [-0.25, -0.2) is 4.79 Å². The van der Waals surface area contributed by atoms with E-state index in [2.05, 4.69) is 37.6 Å². The molecule has 32 heavy (non-hydrogen) atoms. The van der Waals surface area contributed by atoms with Crippen LogP contribution < -0.4 is 5.00 Å². The van der Waals surface area contributed by atoms with Crippen LogP contribution in [0.5, 0.6) is 0 Å². The Morgan fingerprint density at radius 1 is 1.34 bits per heavy atom. The Balaban J connectivity index is 1.84. The number of β-amino-alcohol motifs (C(OH)–C–C–N with tert-alkyl or cyclic N) is 1. The van der Waals surface area contributed by atoms with Crippen molar-refractivity contribution in [3.8, 4) is 0 Å². The van der Waals surface area contributed by atoms with Gasteiger partial charge in [0.05, 0.1) is 24.2 Å². The standard InChI is InChI=1S/C21H39BN3O5PSi/c1-6-32(7-2,8-3)30-14(5)17-18-13(4)16(12-24-10-9-15(26)11-24)19(25(18)20(17)27)21(28)29-31-23-22/h13-15,17-18,23,26,31H,6-12,22H2,1-5H3/t13-,14+,15-,17?,18+/m0/s1. The van der Waals surface area contributed by atoms with E-state index < -0.39 is 14.3 Å². The van der Waals surface area contributed by atoms with Gasteiger partial charge in [-0.2, -0.15) is 0 Å². The number of nitrogens with zero attached hydrogens (tertiary/aromatic N) is 2. The van der Waals surface area contributed by atoms with Crippen LogP contribution in [0, 0.1) is 11.8 Å². The van der Waals surface area contributed by atoms with Gasteiger partial charge < -0.3 is 24.0 Å². The highest BCUT2D eigenvalue weighted by atomic mass is 31.1. The number of β-lactam (4-membered cyclic amide) rings is 1. The Morgan fingerprint density at radius 2 is 2.00 bits per heavy atom. The van der Waals surface area contributed by atoms with Crippen molar-refractivity contribution in [3.05, 3.63) is 11.3 Å². The summed E-state index contributed by atoms with van der Waals surface area (Å²) in [5.41, 5.74) is 1.35. The minimum absolute atomic E-state index is 0.0308. The van der Waals surface area contributed by atoms with Crippen molar-refractivity contribution >= 4 is 37.1 Å². The van der Waals surface area contributed by atoms with Crippen LogP contribution in [0.15, 0.2) is 11.3 Å². The summed E-state index contributed by atoms with van der Waals surface area (Å²) in [6, 6.07) is 3.05. The molecule has 0 aromatic heterocycles. The van der Waals surface area contributed by atoms with Crippen molar-refractivity contribution in [1.82, 2.24) is 14.8 Å². The summed E-state index contributed by atoms with van der Waals surface area (Å²) in [6.07, 6.45) is 0.241. The molecule has 6 atom stereocenters. The second kappa shape index (κ2) is 10.7. The average Bonchev–Trinajstić information content (AvgIpc) is 3.29. The zero-order valence-electron chi connectivity index (χ0n) is 20.3. The van der Waals surface area contributed by atoms with Crippen LogP contribution in [-0.2, 0) is 18.5 Å². The van der Waals surface area contributed by atoms with Gasteiger partial charge in [-0.05, 0) is 37.0 Å². The van der Waals surface area contributed by atoms with Crippen LogP contribution in [0.2, 0.25) is 18.1 Å². The predicted octanol–water partition coefficient (Wildman–Crippen LogP) is 1.38. The van der Waals surface area contributed by atoms with Crippen molar-refractivity contribution in [2.75, 3.05) is 19.6 Å². The number of carbonyl (C=O) groups excluding carboxylic acids is 2. The first-order valence-corrected chi connectivity index (χ1v) is 15.4. The normalized spacial score (nSPS) is 29.7. The van der Waals surface area contributed by atoms with Gasteiger partial charge >= 0.3 is 5.97 Å². The Hall–Kier alpha value is -0.768. The third kappa shape index (κ3) is 4.72. The molecule has 0 aromatic carbocycles. The van der Waals surface area contributed by atoms with E-state index >= 15 is 0 Å². The fourth-order valence-electron chi connectivity index (χ4n) is 5.64. The van der Waals surface area contributed by atoms with Gasteiger partial charge in [0.25, 0.3) is 0 Å². The van der Waals surface area contributed by atoms with E-state index in [0.717, 1.165) is 36.7 Å². The number of hydrogen-bond acceptors (Lipinski definition) is 7. The molecule has 180 valence electrons. The highest BCUT2D eigenvalue weighted by Crippen LogP contribution is 2.49. The summed E-state index contributed by atoms with van der Waals surface area (Å²) in [5, 5.41) is 9.95. The number of rotatable bonds is 11. The van der Waals surface area contributed by atoms with Crippen LogP contribution >= 0.6 is 8.96 Å². The maximum atomic E-state index is 13.4. The molecule has 3 rings (SSSR count). The molecule has 3 aliphatic heterocycles. The SMILES string of the molecule is BNPOC(=O)C1=C(CN2CC[C@H](O)C2)[C@H](C)[C@@H]2C([C@@H](C)O[Si](CC)(CC)CC)C(=O)N12. The molecule has 0 bridgehead atoms. The van der Waals surface area contributed by atoms with Crippen molar-refractivity contribution in [2.24, 2.45) is 11.8 Å². The minimum atomic E-state index is -1.85. The summed E-state index contributed by atoms with van der Waals surface area (Å²) >= 11 is 0. The zero-order valence-corrected chi connectivity index (χ0v) is 22.3. The van der Waals surface area contributed by atoms with Gasteiger partial charge in [0.15, 0.2) is 16.3 Å². The van der Waals surface area contributed by atoms with Crippen LogP contribution in [0.3, 0.4) is 0 Å². The molecule has 8 nitrogen and oxygen atoms in total. The van der Waals surface area contributed by atoms with Gasteiger partial charge in [0.2, 0.25) is 5.91 Å².